The van der Waals surface area contributed by atoms with Gasteiger partial charge < -0.3 is 15.9 Å². The molecule has 6 heteroatoms. The third-order valence-electron chi connectivity index (χ3n) is 2.21. The Morgan fingerprint density at radius 1 is 1.62 bits per heavy atom. The van der Waals surface area contributed by atoms with Gasteiger partial charge in [0, 0.05) is 23.4 Å². The van der Waals surface area contributed by atoms with Gasteiger partial charge in [0.05, 0.1) is 24.8 Å². The average Bonchev–Trinajstić information content (AvgIpc) is 2.22. The summed E-state index contributed by atoms with van der Waals surface area (Å²) < 4.78 is 0. The summed E-state index contributed by atoms with van der Waals surface area (Å²) in [6, 6.07) is 1.33. The molecular weight excluding hydrogens is 230 g/mol. The fraction of sp³-hybridized carbons (Fsp3) is 0.400. The van der Waals surface area contributed by atoms with Crippen LogP contribution < -0.4 is 5.73 Å². The van der Waals surface area contributed by atoms with Crippen molar-refractivity contribution in [2.45, 2.75) is 26.0 Å². The molecule has 1 rings (SSSR count). The molecule has 0 saturated carbocycles. The monoisotopic (exact) mass is 243 g/mol. The highest BCUT2D eigenvalue weighted by molar-refractivity contribution is 5.85. The van der Waals surface area contributed by atoms with Crippen LogP contribution in [0.5, 0.6) is 5.75 Å². The van der Waals surface area contributed by atoms with Gasteiger partial charge in [0.25, 0.3) is 0 Å². The number of aromatic hydroxyl groups is 1. The van der Waals surface area contributed by atoms with Crippen molar-refractivity contribution < 1.29 is 10.2 Å². The zero-order valence-corrected chi connectivity index (χ0v) is 9.66. The lowest BCUT2D eigenvalue weighted by Crippen LogP contribution is -2.13. The van der Waals surface area contributed by atoms with E-state index in [1.807, 2.05) is 6.07 Å². The minimum absolute atomic E-state index is 0. The van der Waals surface area contributed by atoms with E-state index in [0.29, 0.717) is 16.8 Å². The van der Waals surface area contributed by atoms with Crippen molar-refractivity contribution >= 4 is 12.4 Å². The maximum atomic E-state index is 9.74. The Kier molecular flexibility index (Phi) is 5.75. The third kappa shape index (κ3) is 2.83. The number of aliphatic hydroxyl groups excluding tert-OH is 1. The van der Waals surface area contributed by atoms with E-state index in [0.717, 1.165) is 0 Å². The summed E-state index contributed by atoms with van der Waals surface area (Å²) in [5.41, 5.74) is 7.04. The second-order valence-corrected chi connectivity index (χ2v) is 3.26. The largest absolute Gasteiger partial charge is 0.506 e. The molecular formula is C10H14ClN3O2. The van der Waals surface area contributed by atoms with E-state index >= 15 is 0 Å². The van der Waals surface area contributed by atoms with Crippen molar-refractivity contribution in [1.29, 1.82) is 5.26 Å². The smallest absolute Gasteiger partial charge is 0.141 e. The van der Waals surface area contributed by atoms with Gasteiger partial charge in [-0.1, -0.05) is 0 Å². The van der Waals surface area contributed by atoms with Crippen LogP contribution in [0.15, 0.2) is 6.20 Å². The Labute approximate surface area is 99.9 Å². The number of nitrogens with two attached hydrogens (primary N) is 1. The summed E-state index contributed by atoms with van der Waals surface area (Å²) in [5, 5.41) is 27.3. The van der Waals surface area contributed by atoms with Crippen LogP contribution in [0.1, 0.15) is 29.3 Å². The molecule has 1 aromatic heterocycles. The molecule has 0 fully saturated rings. The van der Waals surface area contributed by atoms with E-state index in [9.17, 15) is 5.11 Å². The molecule has 0 aliphatic heterocycles. The standard InChI is InChI=1S/C10H13N3O2.ClH/c1-6-10(15)9(8(12)2-3-11)7(5-14)4-13-6;/h4,8,14-15H,2,5,12H2,1H3;1H/t8-;/m0./s1. The number of aliphatic hydroxyl groups is 1. The number of aryl methyl sites for hydroxylation is 1. The quantitative estimate of drug-likeness (QED) is 0.733. The van der Waals surface area contributed by atoms with E-state index in [-0.39, 0.29) is 31.2 Å². The molecule has 1 atom stereocenters. The van der Waals surface area contributed by atoms with Crippen molar-refractivity contribution in [1.82, 2.24) is 4.98 Å². The normalized spacial score (nSPS) is 11.4. The molecule has 0 amide bonds. The molecule has 0 spiro atoms. The Morgan fingerprint density at radius 2 is 2.25 bits per heavy atom. The van der Waals surface area contributed by atoms with Crippen LogP contribution in [-0.4, -0.2) is 15.2 Å². The maximum absolute atomic E-state index is 9.74. The number of hydrogen-bond donors (Lipinski definition) is 3. The predicted octanol–water partition coefficient (Wildman–Crippen LogP) is 0.923. The summed E-state index contributed by atoms with van der Waals surface area (Å²) in [5.74, 6) is -0.0377. The van der Waals surface area contributed by atoms with Crippen LogP contribution in [0.25, 0.3) is 0 Å². The molecule has 0 saturated heterocycles. The summed E-state index contributed by atoms with van der Waals surface area (Å²) in [7, 11) is 0. The fourth-order valence-electron chi connectivity index (χ4n) is 1.39. The molecule has 1 aromatic rings. The van der Waals surface area contributed by atoms with Gasteiger partial charge >= 0.3 is 0 Å². The van der Waals surface area contributed by atoms with E-state index in [1.54, 1.807) is 6.92 Å². The second kappa shape index (κ2) is 6.28. The molecule has 0 radical (unpaired) electrons. The summed E-state index contributed by atoms with van der Waals surface area (Å²) >= 11 is 0. The number of nitrogens with zero attached hydrogens (tertiary/aromatic N) is 2. The molecule has 0 unspecified atom stereocenters. The first-order chi connectivity index (χ1) is 7.11. The molecule has 0 aliphatic carbocycles. The van der Waals surface area contributed by atoms with Gasteiger partial charge in [-0.2, -0.15) is 5.26 Å². The summed E-state index contributed by atoms with van der Waals surface area (Å²) in [6.07, 6.45) is 1.55. The van der Waals surface area contributed by atoms with Gasteiger partial charge in [-0.15, -0.1) is 12.4 Å². The van der Waals surface area contributed by atoms with Gasteiger partial charge in [0.1, 0.15) is 5.75 Å². The molecule has 88 valence electrons. The number of rotatable bonds is 3. The lowest BCUT2D eigenvalue weighted by molar-refractivity contribution is 0.278. The first-order valence-corrected chi connectivity index (χ1v) is 4.52. The van der Waals surface area contributed by atoms with Gasteiger partial charge in [0.2, 0.25) is 0 Å². The van der Waals surface area contributed by atoms with Crippen LogP contribution in [0.4, 0.5) is 0 Å². The highest BCUT2D eigenvalue weighted by Crippen LogP contribution is 2.29. The van der Waals surface area contributed by atoms with Gasteiger partial charge in [0.15, 0.2) is 0 Å². The maximum Gasteiger partial charge on any atom is 0.141 e. The van der Waals surface area contributed by atoms with E-state index in [4.69, 9.17) is 16.1 Å². The summed E-state index contributed by atoms with van der Waals surface area (Å²) in [6.45, 7) is 1.38. The Balaban J connectivity index is 0.00000225. The van der Waals surface area contributed by atoms with Crippen molar-refractivity contribution in [3.8, 4) is 11.8 Å². The van der Waals surface area contributed by atoms with Crippen molar-refractivity contribution in [3.63, 3.8) is 0 Å². The average molecular weight is 244 g/mol. The molecule has 4 N–H and O–H groups in total. The van der Waals surface area contributed by atoms with Gasteiger partial charge in [-0.25, -0.2) is 0 Å². The van der Waals surface area contributed by atoms with Crippen LogP contribution in [0.2, 0.25) is 0 Å². The third-order valence-corrected chi connectivity index (χ3v) is 2.21. The molecule has 0 bridgehead atoms. The number of hydrogen-bond acceptors (Lipinski definition) is 5. The van der Waals surface area contributed by atoms with Crippen molar-refractivity contribution in [2.24, 2.45) is 5.73 Å². The van der Waals surface area contributed by atoms with Crippen LogP contribution in [0, 0.1) is 18.3 Å². The van der Waals surface area contributed by atoms with E-state index in [1.165, 1.54) is 6.20 Å². The molecule has 0 aromatic carbocycles. The number of nitriles is 1. The first-order valence-electron chi connectivity index (χ1n) is 4.52. The minimum atomic E-state index is -0.598. The Morgan fingerprint density at radius 3 is 2.75 bits per heavy atom. The fourth-order valence-corrected chi connectivity index (χ4v) is 1.39. The molecule has 5 nitrogen and oxygen atoms in total. The van der Waals surface area contributed by atoms with Crippen molar-refractivity contribution in [2.75, 3.05) is 0 Å². The Bertz CT molecular complexity index is 404. The molecule has 1 heterocycles. The highest BCUT2D eigenvalue weighted by atomic mass is 35.5. The zero-order chi connectivity index (χ0) is 11.4. The lowest BCUT2D eigenvalue weighted by atomic mass is 9.99. The molecule has 0 aliphatic rings. The number of halogens is 1. The van der Waals surface area contributed by atoms with E-state index < -0.39 is 6.04 Å². The number of aromatic nitrogens is 1. The highest BCUT2D eigenvalue weighted by Gasteiger charge is 2.17. The number of pyridine rings is 1. The lowest BCUT2D eigenvalue weighted by Gasteiger charge is -2.15. The van der Waals surface area contributed by atoms with Crippen LogP contribution in [-0.2, 0) is 6.61 Å². The summed E-state index contributed by atoms with van der Waals surface area (Å²) in [4.78, 5) is 3.90. The van der Waals surface area contributed by atoms with Gasteiger partial charge in [-0.3, -0.25) is 4.98 Å². The second-order valence-electron chi connectivity index (χ2n) is 3.26. The van der Waals surface area contributed by atoms with Crippen molar-refractivity contribution in [3.05, 3.63) is 23.0 Å². The van der Waals surface area contributed by atoms with E-state index in [2.05, 4.69) is 4.98 Å². The molecule has 16 heavy (non-hydrogen) atoms. The van der Waals surface area contributed by atoms with Gasteiger partial charge in [-0.05, 0) is 6.92 Å². The Hall–Kier alpha value is -1.35. The first kappa shape index (κ1) is 14.6. The zero-order valence-electron chi connectivity index (χ0n) is 8.84. The topological polar surface area (TPSA) is 103 Å². The van der Waals surface area contributed by atoms with Crippen LogP contribution >= 0.6 is 12.4 Å². The van der Waals surface area contributed by atoms with Crippen LogP contribution in [0.3, 0.4) is 0 Å². The SMILES string of the molecule is Cc1ncc(CO)c([C@@H](N)CC#N)c1O.Cl. The minimum Gasteiger partial charge on any atom is -0.506 e. The predicted molar refractivity (Wildman–Crippen MR) is 61.0 cm³/mol.